The van der Waals surface area contributed by atoms with Gasteiger partial charge in [0, 0.05) is 6.04 Å². The number of unbranched alkanes of at least 4 members (excludes halogenated alkanes) is 3. The van der Waals surface area contributed by atoms with E-state index in [1.54, 1.807) is 12.1 Å². The maximum atomic E-state index is 12.0. The van der Waals surface area contributed by atoms with Gasteiger partial charge in [0.25, 0.3) is 0 Å². The average molecular weight is 310 g/mol. The summed E-state index contributed by atoms with van der Waals surface area (Å²) in [5, 5.41) is 0. The maximum Gasteiger partial charge on any atom is 0.250 e. The van der Waals surface area contributed by atoms with Gasteiger partial charge >= 0.3 is 0 Å². The van der Waals surface area contributed by atoms with Crippen molar-refractivity contribution in [3.05, 3.63) is 16.5 Å². The van der Waals surface area contributed by atoms with Gasteiger partial charge in [-0.1, -0.05) is 44.2 Å². The van der Waals surface area contributed by atoms with Gasteiger partial charge in [-0.3, -0.25) is 0 Å². The molecule has 1 aromatic heterocycles. The summed E-state index contributed by atoms with van der Waals surface area (Å²) in [4.78, 5) is 0. The molecule has 0 saturated carbocycles. The first kappa shape index (κ1) is 16.0. The van der Waals surface area contributed by atoms with E-state index in [-0.39, 0.29) is 10.3 Å². The Labute approximate surface area is 119 Å². The largest absolute Gasteiger partial charge is 0.250 e. The van der Waals surface area contributed by atoms with Crippen LogP contribution in [0.4, 0.5) is 0 Å². The summed E-state index contributed by atoms with van der Waals surface area (Å²) < 4.78 is 27.4. The molecule has 0 aliphatic rings. The molecular formula is C12H20ClNO2S2. The van der Waals surface area contributed by atoms with Gasteiger partial charge in [0.05, 0.1) is 4.34 Å². The molecule has 0 fully saturated rings. The number of thiophene rings is 1. The first-order valence-electron chi connectivity index (χ1n) is 6.23. The standard InChI is InChI=1S/C12H20ClNO2S2/c1-3-4-5-6-7-10(2)14-18(15,16)12-9-8-11(13)17-12/h8-10,14H,3-7H2,1-2H3. The molecule has 0 amide bonds. The molecule has 104 valence electrons. The highest BCUT2D eigenvalue weighted by atomic mass is 35.5. The highest BCUT2D eigenvalue weighted by molar-refractivity contribution is 7.91. The quantitative estimate of drug-likeness (QED) is 0.737. The topological polar surface area (TPSA) is 46.2 Å². The van der Waals surface area contributed by atoms with Gasteiger partial charge < -0.3 is 0 Å². The smallest absolute Gasteiger partial charge is 0.208 e. The molecule has 0 aliphatic carbocycles. The van der Waals surface area contributed by atoms with Crippen molar-refractivity contribution in [1.82, 2.24) is 4.72 Å². The van der Waals surface area contributed by atoms with Crippen molar-refractivity contribution in [1.29, 1.82) is 0 Å². The Kier molecular flexibility index (Phi) is 6.63. The molecular weight excluding hydrogens is 290 g/mol. The molecule has 1 rings (SSSR count). The fraction of sp³-hybridized carbons (Fsp3) is 0.667. The predicted molar refractivity (Wildman–Crippen MR) is 77.9 cm³/mol. The molecule has 6 heteroatoms. The van der Waals surface area contributed by atoms with Gasteiger partial charge in [0.15, 0.2) is 0 Å². The zero-order valence-electron chi connectivity index (χ0n) is 10.8. The van der Waals surface area contributed by atoms with Gasteiger partial charge in [0.1, 0.15) is 4.21 Å². The third-order valence-corrected chi connectivity index (χ3v) is 5.97. The van der Waals surface area contributed by atoms with Crippen molar-refractivity contribution in [2.45, 2.75) is 56.2 Å². The third kappa shape index (κ3) is 5.26. The van der Waals surface area contributed by atoms with Crippen LogP contribution in [0.25, 0.3) is 0 Å². The van der Waals surface area contributed by atoms with Crippen LogP contribution < -0.4 is 4.72 Å². The predicted octanol–water partition coefficient (Wildman–Crippen LogP) is 4.04. The van der Waals surface area contributed by atoms with Crippen molar-refractivity contribution >= 4 is 33.0 Å². The van der Waals surface area contributed by atoms with E-state index >= 15 is 0 Å². The van der Waals surface area contributed by atoms with Crippen LogP contribution in [0.5, 0.6) is 0 Å². The fourth-order valence-corrected chi connectivity index (χ4v) is 4.48. The van der Waals surface area contributed by atoms with Crippen molar-refractivity contribution in [3.8, 4) is 0 Å². The van der Waals surface area contributed by atoms with E-state index in [2.05, 4.69) is 11.6 Å². The second kappa shape index (κ2) is 7.48. The summed E-state index contributed by atoms with van der Waals surface area (Å²) >= 11 is 6.83. The van der Waals surface area contributed by atoms with E-state index in [0.717, 1.165) is 30.6 Å². The van der Waals surface area contributed by atoms with Gasteiger partial charge in [-0.25, -0.2) is 13.1 Å². The number of sulfonamides is 1. The maximum absolute atomic E-state index is 12.0. The third-order valence-electron chi connectivity index (χ3n) is 2.66. The van der Waals surface area contributed by atoms with Crippen LogP contribution >= 0.6 is 22.9 Å². The van der Waals surface area contributed by atoms with Gasteiger partial charge in [-0.15, -0.1) is 11.3 Å². The van der Waals surface area contributed by atoms with Crippen LogP contribution in [0.1, 0.15) is 46.0 Å². The summed E-state index contributed by atoms with van der Waals surface area (Å²) in [7, 11) is -3.40. The molecule has 0 aliphatic heterocycles. The minimum atomic E-state index is -3.40. The molecule has 3 nitrogen and oxygen atoms in total. The van der Waals surface area contributed by atoms with Crippen LogP contribution in [0, 0.1) is 0 Å². The highest BCUT2D eigenvalue weighted by Gasteiger charge is 2.18. The molecule has 0 spiro atoms. The molecule has 1 atom stereocenters. The highest BCUT2D eigenvalue weighted by Crippen LogP contribution is 2.25. The molecule has 0 bridgehead atoms. The normalized spacial score (nSPS) is 13.7. The second-order valence-corrected chi connectivity index (χ2v) is 8.09. The lowest BCUT2D eigenvalue weighted by Gasteiger charge is -2.12. The summed E-state index contributed by atoms with van der Waals surface area (Å²) in [6.45, 7) is 4.06. The molecule has 1 N–H and O–H groups in total. The van der Waals surface area contributed by atoms with Crippen LogP contribution in [0.3, 0.4) is 0 Å². The van der Waals surface area contributed by atoms with Crippen molar-refractivity contribution in [2.24, 2.45) is 0 Å². The molecule has 18 heavy (non-hydrogen) atoms. The summed E-state index contributed by atoms with van der Waals surface area (Å²) in [5.41, 5.74) is 0. The van der Waals surface area contributed by atoms with E-state index in [0.29, 0.717) is 4.34 Å². The molecule has 1 aromatic rings. The lowest BCUT2D eigenvalue weighted by molar-refractivity contribution is 0.523. The monoisotopic (exact) mass is 309 g/mol. The number of nitrogens with one attached hydrogen (secondary N) is 1. The van der Waals surface area contributed by atoms with Gasteiger partial charge in [-0.2, -0.15) is 0 Å². The van der Waals surface area contributed by atoms with Gasteiger partial charge in [-0.05, 0) is 25.5 Å². The summed E-state index contributed by atoms with van der Waals surface area (Å²) in [6.07, 6.45) is 5.49. The lowest BCUT2D eigenvalue weighted by Crippen LogP contribution is -2.32. The first-order chi connectivity index (χ1) is 8.45. The minimum Gasteiger partial charge on any atom is -0.208 e. The van der Waals surface area contributed by atoms with Crippen molar-refractivity contribution < 1.29 is 8.42 Å². The SMILES string of the molecule is CCCCCCC(C)NS(=O)(=O)c1ccc(Cl)s1. The zero-order valence-corrected chi connectivity index (χ0v) is 13.2. The lowest BCUT2D eigenvalue weighted by atomic mass is 10.1. The number of rotatable bonds is 8. The van der Waals surface area contributed by atoms with Crippen LogP contribution in [-0.4, -0.2) is 14.5 Å². The number of hydrogen-bond donors (Lipinski definition) is 1. The Morgan fingerprint density at radius 1 is 1.33 bits per heavy atom. The van der Waals surface area contributed by atoms with Crippen molar-refractivity contribution in [3.63, 3.8) is 0 Å². The molecule has 0 saturated heterocycles. The summed E-state index contributed by atoms with van der Waals surface area (Å²) in [6, 6.07) is 3.11. The van der Waals surface area contributed by atoms with E-state index in [4.69, 9.17) is 11.6 Å². The van der Waals surface area contributed by atoms with Gasteiger partial charge in [0.2, 0.25) is 10.0 Å². The van der Waals surface area contributed by atoms with E-state index in [9.17, 15) is 8.42 Å². The van der Waals surface area contributed by atoms with Crippen molar-refractivity contribution in [2.75, 3.05) is 0 Å². The van der Waals surface area contributed by atoms with Crippen LogP contribution in [-0.2, 0) is 10.0 Å². The number of hydrogen-bond acceptors (Lipinski definition) is 3. The Morgan fingerprint density at radius 2 is 2.06 bits per heavy atom. The fourth-order valence-electron chi connectivity index (χ4n) is 1.70. The van der Waals surface area contributed by atoms with Crippen LogP contribution in [0.15, 0.2) is 16.3 Å². The van der Waals surface area contributed by atoms with E-state index in [1.165, 1.54) is 12.8 Å². The molecule has 1 heterocycles. The minimum absolute atomic E-state index is 0.0345. The average Bonchev–Trinajstić information content (AvgIpc) is 2.71. The van der Waals surface area contributed by atoms with E-state index < -0.39 is 10.0 Å². The molecule has 0 radical (unpaired) electrons. The molecule has 0 aromatic carbocycles. The van der Waals surface area contributed by atoms with Crippen LogP contribution in [0.2, 0.25) is 4.34 Å². The zero-order chi connectivity index (χ0) is 13.6. The number of halogens is 1. The Bertz CT molecular complexity index is 456. The second-order valence-electron chi connectivity index (χ2n) is 4.43. The molecule has 1 unspecified atom stereocenters. The summed E-state index contributed by atoms with van der Waals surface area (Å²) in [5.74, 6) is 0. The van der Waals surface area contributed by atoms with E-state index in [1.807, 2.05) is 6.92 Å². The Balaban J connectivity index is 2.45. The first-order valence-corrected chi connectivity index (χ1v) is 8.91. The Hall–Kier alpha value is -0.100. The Morgan fingerprint density at radius 3 is 2.61 bits per heavy atom.